The van der Waals surface area contributed by atoms with Gasteiger partial charge in [-0.15, -0.1) is 12.4 Å². The summed E-state index contributed by atoms with van der Waals surface area (Å²) in [6.45, 7) is 7.04. The molecule has 0 radical (unpaired) electrons. The van der Waals surface area contributed by atoms with E-state index in [4.69, 9.17) is 14.7 Å². The molecule has 5 rings (SSSR count). The molecule has 3 heterocycles. The predicted octanol–water partition coefficient (Wildman–Crippen LogP) is 3.54. The Balaban J connectivity index is 0.00000274. The second kappa shape index (κ2) is 9.96. The van der Waals surface area contributed by atoms with Gasteiger partial charge in [-0.1, -0.05) is 6.07 Å². The maximum Gasteiger partial charge on any atom is 0.338 e. The molecule has 2 fully saturated rings. The van der Waals surface area contributed by atoms with Crippen LogP contribution in [0.3, 0.4) is 0 Å². The summed E-state index contributed by atoms with van der Waals surface area (Å²) >= 11 is 0. The second-order valence-electron chi connectivity index (χ2n) is 8.95. The molecule has 0 unspecified atom stereocenters. The molecule has 0 aromatic heterocycles. The van der Waals surface area contributed by atoms with E-state index >= 15 is 0 Å². The Bertz CT molecular complexity index is 1130. The van der Waals surface area contributed by atoms with Gasteiger partial charge in [0.15, 0.2) is 0 Å². The quantitative estimate of drug-likeness (QED) is 0.612. The van der Waals surface area contributed by atoms with Gasteiger partial charge in [0.25, 0.3) is 0 Å². The van der Waals surface area contributed by atoms with E-state index in [2.05, 4.69) is 9.80 Å². The number of hydrogen-bond acceptors (Lipinski definition) is 6. The fourth-order valence-corrected chi connectivity index (χ4v) is 5.12. The molecule has 6 nitrogen and oxygen atoms in total. The molecule has 180 valence electrons. The van der Waals surface area contributed by atoms with Crippen LogP contribution in [0, 0.1) is 29.9 Å². The van der Waals surface area contributed by atoms with E-state index in [-0.39, 0.29) is 30.5 Å². The standard InChI is InChI=1S/C25H25F2N3O3.ClH/c1-15-18(2-3-19-21(15)14-33-25(19)31)24-12-30-7-6-29(11-17(30)13-32-24)5-4-16-8-22(26)20(10-28)23(27)9-16;/h2-3,8-9,17,24H,4-7,11-14H2,1H3;1H/t17-,24-;/m0./s1. The number of piperazine rings is 1. The lowest BCUT2D eigenvalue weighted by Crippen LogP contribution is -2.58. The minimum absolute atomic E-state index is 0. The van der Waals surface area contributed by atoms with Gasteiger partial charge in [-0.05, 0) is 48.2 Å². The van der Waals surface area contributed by atoms with Gasteiger partial charge in [-0.3, -0.25) is 4.90 Å². The maximum absolute atomic E-state index is 13.9. The minimum Gasteiger partial charge on any atom is -0.457 e. The smallest absolute Gasteiger partial charge is 0.338 e. The van der Waals surface area contributed by atoms with E-state index in [1.807, 2.05) is 19.1 Å². The zero-order valence-corrected chi connectivity index (χ0v) is 19.7. The molecule has 0 bridgehead atoms. The van der Waals surface area contributed by atoms with Gasteiger partial charge >= 0.3 is 5.97 Å². The number of ether oxygens (including phenoxy) is 2. The van der Waals surface area contributed by atoms with Crippen molar-refractivity contribution in [1.29, 1.82) is 5.26 Å². The average Bonchev–Trinajstić information content (AvgIpc) is 3.19. The first-order chi connectivity index (χ1) is 15.9. The summed E-state index contributed by atoms with van der Waals surface area (Å²) in [6.07, 6.45) is 0.476. The first kappa shape index (κ1) is 24.6. The normalized spacial score (nSPS) is 22.4. The number of esters is 1. The van der Waals surface area contributed by atoms with Crippen LogP contribution < -0.4 is 0 Å². The third-order valence-electron chi connectivity index (χ3n) is 7.06. The average molecular weight is 490 g/mol. The lowest BCUT2D eigenvalue weighted by Gasteiger charge is -2.46. The molecule has 0 aliphatic carbocycles. The van der Waals surface area contributed by atoms with E-state index in [0.29, 0.717) is 37.3 Å². The summed E-state index contributed by atoms with van der Waals surface area (Å²) < 4.78 is 39.2. The van der Waals surface area contributed by atoms with Gasteiger partial charge in [0.1, 0.15) is 29.9 Å². The number of morpholine rings is 1. The molecule has 2 saturated heterocycles. The first-order valence-electron chi connectivity index (χ1n) is 11.2. The van der Waals surface area contributed by atoms with Crippen LogP contribution >= 0.6 is 12.4 Å². The van der Waals surface area contributed by atoms with Crippen molar-refractivity contribution < 1.29 is 23.0 Å². The molecule has 2 aromatic carbocycles. The van der Waals surface area contributed by atoms with E-state index in [0.717, 1.165) is 42.9 Å². The third kappa shape index (κ3) is 4.53. The number of halogens is 3. The predicted molar refractivity (Wildman–Crippen MR) is 123 cm³/mol. The largest absolute Gasteiger partial charge is 0.457 e. The Hall–Kier alpha value is -2.57. The van der Waals surface area contributed by atoms with Gasteiger partial charge in [-0.25, -0.2) is 13.6 Å². The number of benzene rings is 2. The monoisotopic (exact) mass is 489 g/mol. The zero-order valence-electron chi connectivity index (χ0n) is 18.9. The molecule has 2 atom stereocenters. The molecule has 0 N–H and O–H groups in total. The van der Waals surface area contributed by atoms with Crippen LogP contribution in [0.25, 0.3) is 0 Å². The summed E-state index contributed by atoms with van der Waals surface area (Å²) in [4.78, 5) is 16.6. The van der Waals surface area contributed by atoms with Crippen molar-refractivity contribution in [3.63, 3.8) is 0 Å². The van der Waals surface area contributed by atoms with Gasteiger partial charge in [0.05, 0.1) is 18.3 Å². The van der Waals surface area contributed by atoms with Crippen molar-refractivity contribution >= 4 is 18.4 Å². The molecule has 0 saturated carbocycles. The number of rotatable bonds is 4. The highest BCUT2D eigenvalue weighted by atomic mass is 35.5. The van der Waals surface area contributed by atoms with Crippen LogP contribution in [0.4, 0.5) is 8.78 Å². The highest BCUT2D eigenvalue weighted by molar-refractivity contribution is 5.94. The van der Waals surface area contributed by atoms with E-state index in [1.54, 1.807) is 6.07 Å². The molecule has 3 aliphatic heterocycles. The molecule has 34 heavy (non-hydrogen) atoms. The summed E-state index contributed by atoms with van der Waals surface area (Å²) in [7, 11) is 0. The van der Waals surface area contributed by atoms with Gasteiger partial charge < -0.3 is 14.4 Å². The van der Waals surface area contributed by atoms with Crippen LogP contribution in [0.1, 0.15) is 44.3 Å². The minimum atomic E-state index is -0.804. The van der Waals surface area contributed by atoms with Crippen molar-refractivity contribution in [2.75, 3.05) is 39.3 Å². The summed E-state index contributed by atoms with van der Waals surface area (Å²) in [5.74, 6) is -1.87. The van der Waals surface area contributed by atoms with Crippen molar-refractivity contribution in [2.45, 2.75) is 32.1 Å². The topological polar surface area (TPSA) is 65.8 Å². The Morgan fingerprint density at radius 3 is 2.68 bits per heavy atom. The fourth-order valence-electron chi connectivity index (χ4n) is 5.12. The van der Waals surface area contributed by atoms with Crippen LogP contribution in [-0.2, 0) is 22.5 Å². The highest BCUT2D eigenvalue weighted by Gasteiger charge is 2.35. The summed E-state index contributed by atoms with van der Waals surface area (Å²) in [5.41, 5.74) is 3.82. The van der Waals surface area contributed by atoms with Crippen LogP contribution in [0.2, 0.25) is 0 Å². The van der Waals surface area contributed by atoms with E-state index in [1.165, 1.54) is 12.1 Å². The first-order valence-corrected chi connectivity index (χ1v) is 11.2. The van der Waals surface area contributed by atoms with Crippen molar-refractivity contribution in [1.82, 2.24) is 9.80 Å². The maximum atomic E-state index is 13.9. The van der Waals surface area contributed by atoms with Crippen LogP contribution in [0.15, 0.2) is 24.3 Å². The Morgan fingerprint density at radius 2 is 1.94 bits per heavy atom. The summed E-state index contributed by atoms with van der Waals surface area (Å²) in [6, 6.07) is 8.16. The van der Waals surface area contributed by atoms with Crippen molar-refractivity contribution in [3.8, 4) is 6.07 Å². The van der Waals surface area contributed by atoms with Gasteiger partial charge in [0, 0.05) is 44.3 Å². The molecule has 2 aromatic rings. The molecule has 9 heteroatoms. The number of carbonyl (C=O) groups excluding carboxylic acids is 1. The van der Waals surface area contributed by atoms with Crippen LogP contribution in [0.5, 0.6) is 0 Å². The lowest BCUT2D eigenvalue weighted by molar-refractivity contribution is -0.0903. The number of nitriles is 1. The van der Waals surface area contributed by atoms with Crippen LogP contribution in [-0.4, -0.2) is 61.1 Å². The van der Waals surface area contributed by atoms with E-state index < -0.39 is 17.2 Å². The second-order valence-corrected chi connectivity index (χ2v) is 8.95. The SMILES string of the molecule is Cc1c([C@@H]2CN3CCN(CCc4cc(F)c(C#N)c(F)c4)C[C@H]3CO2)ccc2c1COC2=O.Cl. The van der Waals surface area contributed by atoms with Crippen molar-refractivity contribution in [2.24, 2.45) is 0 Å². The third-order valence-corrected chi connectivity index (χ3v) is 7.06. The fraction of sp³-hybridized carbons (Fsp3) is 0.440. The number of cyclic esters (lactones) is 1. The summed E-state index contributed by atoms with van der Waals surface area (Å²) in [5, 5.41) is 8.82. The highest BCUT2D eigenvalue weighted by Crippen LogP contribution is 2.33. The Kier molecular flexibility index (Phi) is 7.20. The van der Waals surface area contributed by atoms with Crippen molar-refractivity contribution in [3.05, 3.63) is 69.3 Å². The molecule has 0 spiro atoms. The molecular formula is C25H26ClF2N3O3. The molecule has 0 amide bonds. The number of nitrogens with zero attached hydrogens (tertiary/aromatic N) is 3. The number of carbonyl (C=O) groups is 1. The Morgan fingerprint density at radius 1 is 1.18 bits per heavy atom. The number of fused-ring (bicyclic) bond motifs is 2. The van der Waals surface area contributed by atoms with Gasteiger partial charge in [-0.2, -0.15) is 5.26 Å². The van der Waals surface area contributed by atoms with E-state index in [9.17, 15) is 13.6 Å². The zero-order chi connectivity index (χ0) is 23.1. The van der Waals surface area contributed by atoms with Gasteiger partial charge in [0.2, 0.25) is 0 Å². The lowest BCUT2D eigenvalue weighted by atomic mass is 9.94. The number of hydrogen-bond donors (Lipinski definition) is 0. The molecule has 3 aliphatic rings. The Labute approximate surface area is 203 Å². The molecular weight excluding hydrogens is 464 g/mol.